The second-order valence-corrected chi connectivity index (χ2v) is 5.40. The van der Waals surface area contributed by atoms with Crippen LogP contribution < -0.4 is 0 Å². The molecule has 3 heteroatoms. The number of carbonyl (C=O) groups is 2. The predicted octanol–water partition coefficient (Wildman–Crippen LogP) is 3.36. The first kappa shape index (κ1) is 15.2. The lowest BCUT2D eigenvalue weighted by Gasteiger charge is -2.17. The zero-order chi connectivity index (χ0) is 13.5. The number of methoxy groups -OCH3 is 1. The molecule has 3 atom stereocenters. The van der Waals surface area contributed by atoms with Crippen molar-refractivity contribution in [3.63, 3.8) is 0 Å². The van der Waals surface area contributed by atoms with Crippen LogP contribution in [0.15, 0.2) is 0 Å². The molecular weight excluding hydrogens is 228 g/mol. The molecule has 0 bridgehead atoms. The Balaban J connectivity index is 2.61. The van der Waals surface area contributed by atoms with E-state index in [4.69, 9.17) is 4.74 Å². The molecule has 0 saturated heterocycles. The van der Waals surface area contributed by atoms with Crippen LogP contribution >= 0.6 is 0 Å². The van der Waals surface area contributed by atoms with Crippen LogP contribution in [-0.4, -0.2) is 18.9 Å². The minimum absolute atomic E-state index is 0.0934. The van der Waals surface area contributed by atoms with E-state index in [2.05, 4.69) is 13.8 Å². The molecule has 1 saturated carbocycles. The monoisotopic (exact) mass is 254 g/mol. The Kier molecular flexibility index (Phi) is 6.37. The molecule has 0 spiro atoms. The van der Waals surface area contributed by atoms with Gasteiger partial charge in [0.05, 0.1) is 7.11 Å². The van der Waals surface area contributed by atoms with Crippen molar-refractivity contribution in [2.24, 2.45) is 17.8 Å². The number of esters is 1. The maximum absolute atomic E-state index is 12.4. The van der Waals surface area contributed by atoms with Gasteiger partial charge < -0.3 is 4.74 Å². The van der Waals surface area contributed by atoms with E-state index in [1.165, 1.54) is 7.11 Å². The topological polar surface area (TPSA) is 43.4 Å². The summed E-state index contributed by atoms with van der Waals surface area (Å²) in [4.78, 5) is 24.1. The van der Waals surface area contributed by atoms with Gasteiger partial charge in [-0.15, -0.1) is 0 Å². The molecular formula is C15H26O3. The number of hydrogen-bond donors (Lipinski definition) is 0. The average molecular weight is 254 g/mol. The van der Waals surface area contributed by atoms with Gasteiger partial charge in [0, 0.05) is 5.92 Å². The van der Waals surface area contributed by atoms with E-state index in [1.807, 2.05) is 0 Å². The molecule has 0 aromatic heterocycles. The van der Waals surface area contributed by atoms with Crippen LogP contribution in [0.3, 0.4) is 0 Å². The summed E-state index contributed by atoms with van der Waals surface area (Å²) < 4.78 is 4.78. The maximum atomic E-state index is 12.4. The van der Waals surface area contributed by atoms with Crippen molar-refractivity contribution in [1.82, 2.24) is 0 Å². The van der Waals surface area contributed by atoms with E-state index in [-0.39, 0.29) is 17.7 Å². The van der Waals surface area contributed by atoms with Crippen LogP contribution in [0, 0.1) is 17.8 Å². The zero-order valence-corrected chi connectivity index (χ0v) is 11.9. The van der Waals surface area contributed by atoms with E-state index in [1.54, 1.807) is 0 Å². The Morgan fingerprint density at radius 1 is 1.28 bits per heavy atom. The highest BCUT2D eigenvalue weighted by Crippen LogP contribution is 2.35. The number of Topliss-reactive ketones (excluding diaryl/α,β-unsaturated/α-hetero) is 1. The predicted molar refractivity (Wildman–Crippen MR) is 71.2 cm³/mol. The third kappa shape index (κ3) is 3.82. The second kappa shape index (κ2) is 7.55. The first-order valence-corrected chi connectivity index (χ1v) is 7.25. The average Bonchev–Trinajstić information content (AvgIpc) is 2.87. The van der Waals surface area contributed by atoms with Gasteiger partial charge in [0.15, 0.2) is 0 Å². The van der Waals surface area contributed by atoms with E-state index in [9.17, 15) is 9.59 Å². The molecule has 0 amide bonds. The number of carbonyl (C=O) groups excluding carboxylic acids is 2. The minimum Gasteiger partial charge on any atom is -0.468 e. The third-order valence-corrected chi connectivity index (χ3v) is 4.20. The normalized spacial score (nSPS) is 24.8. The molecule has 0 N–H and O–H groups in total. The lowest BCUT2D eigenvalue weighted by atomic mass is 9.87. The maximum Gasteiger partial charge on any atom is 0.316 e. The van der Waals surface area contributed by atoms with E-state index in [0.717, 1.165) is 38.5 Å². The second-order valence-electron chi connectivity index (χ2n) is 5.40. The number of hydrogen-bond acceptors (Lipinski definition) is 3. The molecule has 0 aromatic carbocycles. The Labute approximate surface area is 110 Å². The molecule has 0 aromatic rings. The van der Waals surface area contributed by atoms with Crippen molar-refractivity contribution in [1.29, 1.82) is 0 Å². The van der Waals surface area contributed by atoms with Gasteiger partial charge in [-0.1, -0.05) is 33.1 Å². The first-order chi connectivity index (χ1) is 8.63. The summed E-state index contributed by atoms with van der Waals surface area (Å²) >= 11 is 0. The van der Waals surface area contributed by atoms with Crippen molar-refractivity contribution in [2.75, 3.05) is 7.11 Å². The van der Waals surface area contributed by atoms with Crippen LogP contribution in [0.25, 0.3) is 0 Å². The van der Waals surface area contributed by atoms with Crippen LogP contribution in [0.2, 0.25) is 0 Å². The summed E-state index contributed by atoms with van der Waals surface area (Å²) in [5.41, 5.74) is 0. The Morgan fingerprint density at radius 2 is 2.00 bits per heavy atom. The molecule has 0 aliphatic heterocycles. The van der Waals surface area contributed by atoms with Crippen molar-refractivity contribution in [3.05, 3.63) is 0 Å². The summed E-state index contributed by atoms with van der Waals surface area (Å²) in [7, 11) is 1.37. The van der Waals surface area contributed by atoms with Gasteiger partial charge in [-0.3, -0.25) is 9.59 Å². The SMILES string of the molecule is CCCCC(C(=O)OC)C(=O)C1CCC(CC)C1. The van der Waals surface area contributed by atoms with Gasteiger partial charge in [-0.25, -0.2) is 0 Å². The van der Waals surface area contributed by atoms with Gasteiger partial charge in [0.2, 0.25) is 0 Å². The van der Waals surface area contributed by atoms with Crippen molar-refractivity contribution < 1.29 is 14.3 Å². The van der Waals surface area contributed by atoms with Gasteiger partial charge in [-0.2, -0.15) is 0 Å². The fourth-order valence-corrected chi connectivity index (χ4v) is 2.92. The molecule has 0 radical (unpaired) electrons. The molecule has 104 valence electrons. The Hall–Kier alpha value is -0.860. The molecule has 1 aliphatic rings. The highest BCUT2D eigenvalue weighted by Gasteiger charge is 2.36. The zero-order valence-electron chi connectivity index (χ0n) is 11.9. The largest absolute Gasteiger partial charge is 0.468 e. The lowest BCUT2D eigenvalue weighted by Crippen LogP contribution is -2.30. The first-order valence-electron chi connectivity index (χ1n) is 7.25. The lowest BCUT2D eigenvalue weighted by molar-refractivity contribution is -0.150. The minimum atomic E-state index is -0.518. The molecule has 1 fully saturated rings. The molecule has 1 rings (SSSR count). The van der Waals surface area contributed by atoms with Crippen LogP contribution in [0.1, 0.15) is 58.8 Å². The number of ether oxygens (including phenoxy) is 1. The number of unbranched alkanes of at least 4 members (excludes halogenated alkanes) is 1. The van der Waals surface area contributed by atoms with Gasteiger partial charge in [-0.05, 0) is 31.6 Å². The van der Waals surface area contributed by atoms with Gasteiger partial charge in [0.25, 0.3) is 0 Å². The summed E-state index contributed by atoms with van der Waals surface area (Å²) in [6, 6.07) is 0. The van der Waals surface area contributed by atoms with Crippen molar-refractivity contribution >= 4 is 11.8 Å². The number of ketones is 1. The highest BCUT2D eigenvalue weighted by molar-refractivity contribution is 6.00. The Morgan fingerprint density at radius 3 is 2.50 bits per heavy atom. The third-order valence-electron chi connectivity index (χ3n) is 4.20. The smallest absolute Gasteiger partial charge is 0.316 e. The van der Waals surface area contributed by atoms with Gasteiger partial charge in [0.1, 0.15) is 11.7 Å². The van der Waals surface area contributed by atoms with E-state index >= 15 is 0 Å². The summed E-state index contributed by atoms with van der Waals surface area (Å²) in [5.74, 6) is 0.0366. The Bertz CT molecular complexity index is 285. The summed E-state index contributed by atoms with van der Waals surface area (Å²) in [6.07, 6.45) is 6.76. The highest BCUT2D eigenvalue weighted by atomic mass is 16.5. The van der Waals surface area contributed by atoms with Crippen LogP contribution in [0.5, 0.6) is 0 Å². The number of rotatable bonds is 7. The summed E-state index contributed by atoms with van der Waals surface area (Å²) in [5, 5.41) is 0. The molecule has 1 aliphatic carbocycles. The molecule has 3 nitrogen and oxygen atoms in total. The fourth-order valence-electron chi connectivity index (χ4n) is 2.92. The van der Waals surface area contributed by atoms with E-state index < -0.39 is 5.92 Å². The molecule has 0 heterocycles. The molecule has 3 unspecified atom stereocenters. The summed E-state index contributed by atoms with van der Waals surface area (Å²) in [6.45, 7) is 4.24. The van der Waals surface area contributed by atoms with Crippen molar-refractivity contribution in [3.8, 4) is 0 Å². The molecule has 18 heavy (non-hydrogen) atoms. The van der Waals surface area contributed by atoms with E-state index in [0.29, 0.717) is 12.3 Å². The van der Waals surface area contributed by atoms with Crippen LogP contribution in [0.4, 0.5) is 0 Å². The standard InChI is InChI=1S/C15H26O3/c1-4-6-7-13(15(17)18-3)14(16)12-9-8-11(5-2)10-12/h11-13H,4-10H2,1-3H3. The fraction of sp³-hybridized carbons (Fsp3) is 0.867. The van der Waals surface area contributed by atoms with Crippen molar-refractivity contribution in [2.45, 2.75) is 58.8 Å². The van der Waals surface area contributed by atoms with Crippen LogP contribution in [-0.2, 0) is 14.3 Å². The van der Waals surface area contributed by atoms with Gasteiger partial charge >= 0.3 is 5.97 Å². The quantitative estimate of drug-likeness (QED) is 0.517.